The van der Waals surface area contributed by atoms with E-state index in [2.05, 4.69) is 10.0 Å². The van der Waals surface area contributed by atoms with E-state index in [1.165, 1.54) is 18.4 Å². The first-order valence-corrected chi connectivity index (χ1v) is 13.9. The maximum Gasteiger partial charge on any atom is 0.348 e. The van der Waals surface area contributed by atoms with Crippen LogP contribution >= 0.6 is 11.3 Å². The topological polar surface area (TPSA) is 102 Å². The Morgan fingerprint density at radius 3 is 2.27 bits per heavy atom. The van der Waals surface area contributed by atoms with Crippen LogP contribution in [0.3, 0.4) is 0 Å². The third-order valence-electron chi connectivity index (χ3n) is 5.94. The fourth-order valence-corrected chi connectivity index (χ4v) is 7.04. The Labute approximate surface area is 220 Å². The van der Waals surface area contributed by atoms with Gasteiger partial charge in [-0.25, -0.2) is 13.2 Å². The molecule has 0 aliphatic rings. The van der Waals surface area contributed by atoms with Crippen molar-refractivity contribution in [3.05, 3.63) is 93.9 Å². The number of amides is 1. The summed E-state index contributed by atoms with van der Waals surface area (Å²) in [4.78, 5) is 26.0. The molecule has 4 aromatic rings. The molecule has 1 atom stereocenters. The number of carbonyl (C=O) groups is 2. The standard InChI is InChI=1S/C28H28N2O5S2/c1-17-12-18(2)26(19(3)13-17)37(33,34)30-23(14-20-8-6-5-7-9-20)27(31)29-22-10-11-24-21(15-22)16-25(36-24)28(32)35-4/h5-13,15-16,23,30H,14H2,1-4H3,(H,29,31)/t23-/m0/s1. The van der Waals surface area contributed by atoms with E-state index in [1.807, 2.05) is 49.4 Å². The molecule has 3 aromatic carbocycles. The SMILES string of the molecule is COC(=O)c1cc2cc(NC(=O)[C@H](Cc3ccccc3)NS(=O)(=O)c3c(C)cc(C)cc3C)ccc2s1. The van der Waals surface area contributed by atoms with Gasteiger partial charge in [-0.2, -0.15) is 4.72 Å². The number of hydrogen-bond acceptors (Lipinski definition) is 6. The summed E-state index contributed by atoms with van der Waals surface area (Å²) < 4.78 is 35.3. The van der Waals surface area contributed by atoms with Crippen molar-refractivity contribution in [1.29, 1.82) is 0 Å². The van der Waals surface area contributed by atoms with Gasteiger partial charge in [0, 0.05) is 10.4 Å². The van der Waals surface area contributed by atoms with Gasteiger partial charge in [-0.1, -0.05) is 48.0 Å². The molecule has 0 bridgehead atoms. The number of rotatable bonds is 8. The second-order valence-electron chi connectivity index (χ2n) is 8.94. The quantitative estimate of drug-likeness (QED) is 0.304. The Morgan fingerprint density at radius 2 is 1.62 bits per heavy atom. The first-order valence-electron chi connectivity index (χ1n) is 11.6. The Balaban J connectivity index is 1.64. The van der Waals surface area contributed by atoms with E-state index in [0.717, 1.165) is 21.2 Å². The molecule has 1 amide bonds. The highest BCUT2D eigenvalue weighted by Gasteiger charge is 2.28. The Morgan fingerprint density at radius 1 is 0.946 bits per heavy atom. The van der Waals surface area contributed by atoms with E-state index in [4.69, 9.17) is 4.74 Å². The third kappa shape index (κ3) is 6.07. The maximum atomic E-state index is 13.5. The Bertz CT molecular complexity index is 1550. The van der Waals surface area contributed by atoms with Crippen LogP contribution in [0.15, 0.2) is 71.6 Å². The van der Waals surface area contributed by atoms with Gasteiger partial charge in [0.05, 0.1) is 12.0 Å². The highest BCUT2D eigenvalue weighted by molar-refractivity contribution is 7.89. The molecule has 1 aromatic heterocycles. The number of sulfonamides is 1. The molecular weight excluding hydrogens is 508 g/mol. The summed E-state index contributed by atoms with van der Waals surface area (Å²) in [5.74, 6) is -0.913. The van der Waals surface area contributed by atoms with E-state index in [9.17, 15) is 18.0 Å². The molecule has 4 rings (SSSR count). The molecule has 0 aliphatic carbocycles. The number of anilines is 1. The van der Waals surface area contributed by atoms with Crippen molar-refractivity contribution >= 4 is 49.0 Å². The highest BCUT2D eigenvalue weighted by atomic mass is 32.2. The zero-order valence-corrected chi connectivity index (χ0v) is 22.6. The van der Waals surface area contributed by atoms with E-state index in [1.54, 1.807) is 38.1 Å². The van der Waals surface area contributed by atoms with Gasteiger partial charge in [0.15, 0.2) is 0 Å². The van der Waals surface area contributed by atoms with E-state index >= 15 is 0 Å². The van der Waals surface area contributed by atoms with Gasteiger partial charge in [-0.3, -0.25) is 4.79 Å². The number of aryl methyl sites for hydroxylation is 3. The molecule has 9 heteroatoms. The second-order valence-corrected chi connectivity index (χ2v) is 11.7. The first-order chi connectivity index (χ1) is 17.6. The average molecular weight is 537 g/mol. The summed E-state index contributed by atoms with van der Waals surface area (Å²) in [5, 5.41) is 3.61. The van der Waals surface area contributed by atoms with Crippen molar-refractivity contribution in [1.82, 2.24) is 4.72 Å². The molecular formula is C28H28N2O5S2. The molecule has 7 nitrogen and oxygen atoms in total. The van der Waals surface area contributed by atoms with E-state index in [-0.39, 0.29) is 11.3 Å². The molecule has 0 spiro atoms. The molecule has 0 aliphatic heterocycles. The largest absolute Gasteiger partial charge is 0.465 e. The fourth-order valence-electron chi connectivity index (χ4n) is 4.43. The van der Waals surface area contributed by atoms with E-state index in [0.29, 0.717) is 21.7 Å². The smallest absolute Gasteiger partial charge is 0.348 e. The average Bonchev–Trinajstić information content (AvgIpc) is 3.26. The van der Waals surface area contributed by atoms with Gasteiger partial charge in [0.25, 0.3) is 0 Å². The molecule has 0 saturated carbocycles. The lowest BCUT2D eigenvalue weighted by molar-refractivity contribution is -0.117. The number of nitrogens with one attached hydrogen (secondary N) is 2. The molecule has 192 valence electrons. The van der Waals surface area contributed by atoms with Crippen molar-refractivity contribution in [2.24, 2.45) is 0 Å². The molecule has 1 heterocycles. The monoisotopic (exact) mass is 536 g/mol. The van der Waals surface area contributed by atoms with Crippen LogP contribution in [0.4, 0.5) is 5.69 Å². The second kappa shape index (κ2) is 10.8. The number of methoxy groups -OCH3 is 1. The number of benzene rings is 3. The van der Waals surface area contributed by atoms with E-state index < -0.39 is 27.9 Å². The fraction of sp³-hybridized carbons (Fsp3) is 0.214. The minimum absolute atomic E-state index is 0.170. The highest BCUT2D eigenvalue weighted by Crippen LogP contribution is 2.29. The lowest BCUT2D eigenvalue weighted by Gasteiger charge is -2.21. The third-order valence-corrected chi connectivity index (χ3v) is 8.81. The van der Waals surface area contributed by atoms with Crippen LogP contribution in [0, 0.1) is 20.8 Å². The zero-order chi connectivity index (χ0) is 26.7. The van der Waals surface area contributed by atoms with Crippen LogP contribution in [0.5, 0.6) is 0 Å². The Kier molecular flexibility index (Phi) is 7.77. The van der Waals surface area contributed by atoms with Gasteiger partial charge in [-0.05, 0) is 73.5 Å². The lowest BCUT2D eigenvalue weighted by atomic mass is 10.1. The number of ether oxygens (including phenoxy) is 1. The summed E-state index contributed by atoms with van der Waals surface area (Å²) in [6, 6.07) is 18.8. The number of fused-ring (bicyclic) bond motifs is 1. The van der Waals surface area contributed by atoms with Gasteiger partial charge >= 0.3 is 5.97 Å². The van der Waals surface area contributed by atoms with Crippen molar-refractivity contribution < 1.29 is 22.7 Å². The van der Waals surface area contributed by atoms with Crippen LogP contribution in [0.25, 0.3) is 10.1 Å². The molecule has 0 fully saturated rings. The van der Waals surface area contributed by atoms with Gasteiger partial charge in [0.2, 0.25) is 15.9 Å². The zero-order valence-electron chi connectivity index (χ0n) is 21.0. The summed E-state index contributed by atoms with van der Waals surface area (Å²) >= 11 is 1.30. The van der Waals surface area contributed by atoms with Crippen LogP contribution in [-0.4, -0.2) is 33.4 Å². The predicted octanol–water partition coefficient (Wildman–Crippen LogP) is 5.14. The van der Waals surface area contributed by atoms with Crippen LogP contribution < -0.4 is 10.0 Å². The summed E-state index contributed by atoms with van der Waals surface area (Å²) in [5.41, 5.74) is 3.51. The minimum atomic E-state index is -4.00. The van der Waals surface area contributed by atoms with Crippen molar-refractivity contribution in [3.63, 3.8) is 0 Å². The molecule has 0 saturated heterocycles. The summed E-state index contributed by atoms with van der Waals surface area (Å²) in [6.45, 7) is 5.41. The lowest BCUT2D eigenvalue weighted by Crippen LogP contribution is -2.45. The van der Waals surface area contributed by atoms with Crippen LogP contribution in [0.1, 0.15) is 31.9 Å². The predicted molar refractivity (Wildman–Crippen MR) is 147 cm³/mol. The first kappa shape index (κ1) is 26.5. The number of esters is 1. The molecule has 37 heavy (non-hydrogen) atoms. The number of thiophene rings is 1. The van der Waals surface area contributed by atoms with Crippen LogP contribution in [0.2, 0.25) is 0 Å². The normalized spacial score (nSPS) is 12.3. The van der Waals surface area contributed by atoms with Crippen LogP contribution in [-0.2, 0) is 26.0 Å². The minimum Gasteiger partial charge on any atom is -0.465 e. The van der Waals surface area contributed by atoms with Crippen molar-refractivity contribution in [2.75, 3.05) is 12.4 Å². The molecule has 0 radical (unpaired) electrons. The van der Waals surface area contributed by atoms with Crippen molar-refractivity contribution in [2.45, 2.75) is 38.1 Å². The summed E-state index contributed by atoms with van der Waals surface area (Å²) in [7, 11) is -2.67. The van der Waals surface area contributed by atoms with Gasteiger partial charge < -0.3 is 10.1 Å². The van der Waals surface area contributed by atoms with Gasteiger partial charge in [-0.15, -0.1) is 11.3 Å². The maximum absolute atomic E-state index is 13.5. The molecule has 0 unspecified atom stereocenters. The Hall–Kier alpha value is -3.53. The molecule has 2 N–H and O–H groups in total. The van der Waals surface area contributed by atoms with Gasteiger partial charge in [0.1, 0.15) is 10.9 Å². The number of carbonyl (C=O) groups excluding carboxylic acids is 2. The van der Waals surface area contributed by atoms with Crippen molar-refractivity contribution in [3.8, 4) is 0 Å². The number of hydrogen-bond donors (Lipinski definition) is 2. The summed E-state index contributed by atoms with van der Waals surface area (Å²) in [6.07, 6.45) is 0.170.